The van der Waals surface area contributed by atoms with Gasteiger partial charge in [0, 0.05) is 6.21 Å². The molecule has 0 aliphatic carbocycles. The maximum atomic E-state index is 8.26. The molecule has 1 heterocycles. The quantitative estimate of drug-likeness (QED) is 0.458. The first-order valence-electron chi connectivity index (χ1n) is 2.56. The predicted molar refractivity (Wildman–Crippen MR) is 31.4 cm³/mol. The summed E-state index contributed by atoms with van der Waals surface area (Å²) in [4.78, 5) is 3.82. The fourth-order valence-corrected chi connectivity index (χ4v) is 0.585. The number of rotatable bonds is 0. The minimum atomic E-state index is 0.552. The second-order valence-corrected chi connectivity index (χ2v) is 1.59. The van der Waals surface area contributed by atoms with E-state index in [1.54, 1.807) is 6.21 Å². The van der Waals surface area contributed by atoms with Crippen LogP contribution in [0.15, 0.2) is 16.8 Å². The molecule has 1 aliphatic rings. The molecule has 0 aromatic carbocycles. The molecule has 0 unspecified atom stereocenters. The fourth-order valence-electron chi connectivity index (χ4n) is 0.585. The van der Waals surface area contributed by atoms with Crippen molar-refractivity contribution in [3.8, 4) is 6.07 Å². The Morgan fingerprint density at radius 3 is 2.88 bits per heavy atom. The normalized spacial score (nSPS) is 17.1. The van der Waals surface area contributed by atoms with Crippen LogP contribution in [0.3, 0.4) is 0 Å². The molecule has 0 aromatic rings. The fraction of sp³-hybridized carbons (Fsp3) is 0.333. The summed E-state index contributed by atoms with van der Waals surface area (Å²) in [6.45, 7) is 0. The Labute approximate surface area is 48.2 Å². The Bertz CT molecular complexity index is 171. The zero-order valence-corrected chi connectivity index (χ0v) is 4.46. The van der Waals surface area contributed by atoms with Crippen LogP contribution in [0.2, 0.25) is 0 Å². The Hall–Kier alpha value is -1.10. The Morgan fingerprint density at radius 2 is 2.50 bits per heavy atom. The van der Waals surface area contributed by atoms with Crippen LogP contribution in [-0.2, 0) is 0 Å². The first kappa shape index (κ1) is 5.04. The minimum Gasteiger partial charge on any atom is -0.250 e. The van der Waals surface area contributed by atoms with Crippen LogP contribution in [0, 0.1) is 11.3 Å². The Balaban J connectivity index is 2.68. The highest BCUT2D eigenvalue weighted by molar-refractivity contribution is 5.61. The topological polar surface area (TPSA) is 36.1 Å². The maximum absolute atomic E-state index is 8.26. The molecule has 0 fully saturated rings. The van der Waals surface area contributed by atoms with Crippen molar-refractivity contribution in [2.75, 3.05) is 0 Å². The largest absolute Gasteiger partial charge is 0.250 e. The van der Waals surface area contributed by atoms with E-state index in [9.17, 15) is 0 Å². The molecule has 0 bridgehead atoms. The lowest BCUT2D eigenvalue weighted by molar-refractivity contribution is 1.06. The van der Waals surface area contributed by atoms with Crippen molar-refractivity contribution in [3.63, 3.8) is 0 Å². The van der Waals surface area contributed by atoms with Gasteiger partial charge in [-0.15, -0.1) is 0 Å². The number of hydrogen-bond donors (Lipinski definition) is 0. The Kier molecular flexibility index (Phi) is 1.43. The van der Waals surface area contributed by atoms with E-state index in [0.717, 1.165) is 12.8 Å². The Morgan fingerprint density at radius 1 is 1.62 bits per heavy atom. The van der Waals surface area contributed by atoms with Gasteiger partial charge in [0.1, 0.15) is 11.8 Å². The molecule has 0 atom stereocenters. The second kappa shape index (κ2) is 2.27. The summed E-state index contributed by atoms with van der Waals surface area (Å²) in [6.07, 6.45) is 5.57. The third kappa shape index (κ3) is 0.941. The lowest BCUT2D eigenvalue weighted by atomic mass is 10.2. The van der Waals surface area contributed by atoms with Crippen molar-refractivity contribution >= 4 is 6.21 Å². The lowest BCUT2D eigenvalue weighted by Crippen LogP contribution is -1.84. The molecule has 0 amide bonds. The first-order valence-corrected chi connectivity index (χ1v) is 2.56. The van der Waals surface area contributed by atoms with E-state index in [2.05, 4.69) is 4.99 Å². The van der Waals surface area contributed by atoms with Gasteiger partial charge in [-0.3, -0.25) is 4.99 Å². The van der Waals surface area contributed by atoms with Gasteiger partial charge in [-0.25, -0.2) is 0 Å². The molecule has 0 spiro atoms. The maximum Gasteiger partial charge on any atom is 0.136 e. The molecule has 0 saturated carbocycles. The highest BCUT2D eigenvalue weighted by atomic mass is 14.7. The van der Waals surface area contributed by atoms with Gasteiger partial charge in [-0.1, -0.05) is 0 Å². The summed E-state index contributed by atoms with van der Waals surface area (Å²) in [5.74, 6) is 0. The van der Waals surface area contributed by atoms with Crippen LogP contribution in [0.4, 0.5) is 0 Å². The zero-order valence-electron chi connectivity index (χ0n) is 4.46. The summed E-state index contributed by atoms with van der Waals surface area (Å²) in [6, 6.07) is 1.97. The van der Waals surface area contributed by atoms with Gasteiger partial charge in [-0.05, 0) is 18.9 Å². The van der Waals surface area contributed by atoms with E-state index in [4.69, 9.17) is 5.26 Å². The summed E-state index contributed by atoms with van der Waals surface area (Å²) in [5, 5.41) is 8.26. The zero-order chi connectivity index (χ0) is 5.82. The van der Waals surface area contributed by atoms with E-state index in [0.29, 0.717) is 5.70 Å². The highest BCUT2D eigenvalue weighted by Crippen LogP contribution is 2.03. The molecule has 2 heteroatoms. The van der Waals surface area contributed by atoms with Gasteiger partial charge in [0.2, 0.25) is 0 Å². The van der Waals surface area contributed by atoms with Crippen molar-refractivity contribution in [1.29, 1.82) is 5.26 Å². The molecule has 1 rings (SSSR count). The van der Waals surface area contributed by atoms with Gasteiger partial charge >= 0.3 is 0 Å². The van der Waals surface area contributed by atoms with Gasteiger partial charge in [0.25, 0.3) is 0 Å². The SMILES string of the molecule is N#CC1=CCCC=N1. The van der Waals surface area contributed by atoms with E-state index in [-0.39, 0.29) is 0 Å². The number of allylic oxidation sites excluding steroid dienone is 2. The number of aliphatic imine (C=N–C) groups is 1. The average molecular weight is 106 g/mol. The monoisotopic (exact) mass is 106 g/mol. The second-order valence-electron chi connectivity index (χ2n) is 1.59. The first-order chi connectivity index (χ1) is 3.93. The van der Waals surface area contributed by atoms with Crippen LogP contribution in [0.1, 0.15) is 12.8 Å². The average Bonchev–Trinajstić information content (AvgIpc) is 1.90. The van der Waals surface area contributed by atoms with Crippen LogP contribution >= 0.6 is 0 Å². The standard InChI is InChI=1S/C6H6N2/c7-5-6-3-1-2-4-8-6/h3-4H,1-2H2. The lowest BCUT2D eigenvalue weighted by Gasteiger charge is -1.94. The molecular weight excluding hydrogens is 100 g/mol. The van der Waals surface area contributed by atoms with Gasteiger partial charge in [0.15, 0.2) is 0 Å². The van der Waals surface area contributed by atoms with Crippen LogP contribution < -0.4 is 0 Å². The molecule has 1 aliphatic heterocycles. The van der Waals surface area contributed by atoms with Gasteiger partial charge < -0.3 is 0 Å². The summed E-state index contributed by atoms with van der Waals surface area (Å²) in [5.41, 5.74) is 0.552. The van der Waals surface area contributed by atoms with Crippen molar-refractivity contribution < 1.29 is 0 Å². The van der Waals surface area contributed by atoms with Crippen molar-refractivity contribution in [3.05, 3.63) is 11.8 Å². The van der Waals surface area contributed by atoms with Gasteiger partial charge in [-0.2, -0.15) is 5.26 Å². The molecule has 40 valence electrons. The third-order valence-electron chi connectivity index (χ3n) is 0.978. The molecule has 0 radical (unpaired) electrons. The summed E-state index contributed by atoms with van der Waals surface area (Å²) < 4.78 is 0. The number of hydrogen-bond acceptors (Lipinski definition) is 2. The molecule has 0 saturated heterocycles. The van der Waals surface area contributed by atoms with E-state index in [1.165, 1.54) is 0 Å². The minimum absolute atomic E-state index is 0.552. The van der Waals surface area contributed by atoms with Crippen LogP contribution in [0.25, 0.3) is 0 Å². The summed E-state index contributed by atoms with van der Waals surface area (Å²) in [7, 11) is 0. The predicted octanol–water partition coefficient (Wildman–Crippen LogP) is 1.26. The van der Waals surface area contributed by atoms with Crippen LogP contribution in [0.5, 0.6) is 0 Å². The van der Waals surface area contributed by atoms with Gasteiger partial charge in [0.05, 0.1) is 0 Å². The number of nitrogens with zero attached hydrogens (tertiary/aromatic N) is 2. The van der Waals surface area contributed by atoms with E-state index in [1.807, 2.05) is 12.1 Å². The molecule has 0 aromatic heterocycles. The molecule has 2 nitrogen and oxygen atoms in total. The van der Waals surface area contributed by atoms with Crippen molar-refractivity contribution in [2.45, 2.75) is 12.8 Å². The third-order valence-corrected chi connectivity index (χ3v) is 0.978. The van der Waals surface area contributed by atoms with Crippen molar-refractivity contribution in [2.24, 2.45) is 4.99 Å². The molecule has 0 N–H and O–H groups in total. The molecule has 8 heavy (non-hydrogen) atoms. The van der Waals surface area contributed by atoms with Crippen LogP contribution in [-0.4, -0.2) is 6.21 Å². The highest BCUT2D eigenvalue weighted by Gasteiger charge is 1.92. The molecular formula is C6H6N2. The summed E-state index contributed by atoms with van der Waals surface area (Å²) >= 11 is 0. The van der Waals surface area contributed by atoms with Crippen molar-refractivity contribution in [1.82, 2.24) is 0 Å². The van der Waals surface area contributed by atoms with E-state index < -0.39 is 0 Å². The van der Waals surface area contributed by atoms with E-state index >= 15 is 0 Å². The smallest absolute Gasteiger partial charge is 0.136 e. The number of nitriles is 1.